The maximum atomic E-state index is 4.53. The van der Waals surface area contributed by atoms with Gasteiger partial charge in [0.25, 0.3) is 0 Å². The van der Waals surface area contributed by atoms with Crippen LogP contribution in [0.25, 0.3) is 77.3 Å². The number of benzene rings is 4. The Kier molecular flexibility index (Phi) is 6.46. The minimum Gasteiger partial charge on any atom is -0.372 e. The molecule has 51 heavy (non-hydrogen) atoms. The standard InChI is InChI=1S/C45H36N6/c1-26(2)29-9-11-42-38(15-29)40-17-34-27(3)28(4)35-18-41-39-16-30(31-21-48-25-49-22-31)10-12-43(39)51(33-8-6-14-47-24-33)45(41)20-37(35)36(34)19-44(40)50(42)32-7-5-13-46-23-32/h5-21,23-25,27-28H,1,22H2,2-4H3,(H,48,49). The van der Waals surface area contributed by atoms with Crippen LogP contribution in [0, 0.1) is 0 Å². The Balaban J connectivity index is 1.29. The van der Waals surface area contributed by atoms with Crippen molar-refractivity contribution in [2.24, 2.45) is 4.99 Å². The third kappa shape index (κ3) is 4.39. The summed E-state index contributed by atoms with van der Waals surface area (Å²) in [7, 11) is 0. The van der Waals surface area contributed by atoms with E-state index in [2.05, 4.69) is 130 Å². The number of allylic oxidation sites excluding steroid dienone is 1. The first kappa shape index (κ1) is 29.6. The van der Waals surface area contributed by atoms with E-state index in [4.69, 9.17) is 0 Å². The number of hydrogen-bond acceptors (Lipinski definition) is 4. The monoisotopic (exact) mass is 660 g/mol. The summed E-state index contributed by atoms with van der Waals surface area (Å²) < 4.78 is 4.74. The van der Waals surface area contributed by atoms with Crippen LogP contribution in [-0.4, -0.2) is 32.0 Å². The summed E-state index contributed by atoms with van der Waals surface area (Å²) in [6.07, 6.45) is 11.3. The molecule has 0 spiro atoms. The largest absolute Gasteiger partial charge is 0.372 e. The van der Waals surface area contributed by atoms with Gasteiger partial charge in [-0.25, -0.2) is 4.99 Å². The van der Waals surface area contributed by atoms with Gasteiger partial charge in [-0.15, -0.1) is 0 Å². The fourth-order valence-corrected chi connectivity index (χ4v) is 8.47. The van der Waals surface area contributed by atoms with Crippen molar-refractivity contribution in [2.75, 3.05) is 6.54 Å². The number of aromatic nitrogens is 4. The topological polar surface area (TPSA) is 60.0 Å². The number of aliphatic imine (C=N–C) groups is 1. The molecule has 4 aromatic carbocycles. The Morgan fingerprint density at radius 1 is 0.686 bits per heavy atom. The van der Waals surface area contributed by atoms with Gasteiger partial charge in [-0.1, -0.05) is 38.1 Å². The first-order valence-electron chi connectivity index (χ1n) is 17.6. The fourth-order valence-electron chi connectivity index (χ4n) is 8.47. The van der Waals surface area contributed by atoms with Crippen LogP contribution in [-0.2, 0) is 0 Å². The number of pyridine rings is 2. The molecule has 0 fully saturated rings. The predicted molar refractivity (Wildman–Crippen MR) is 212 cm³/mol. The summed E-state index contributed by atoms with van der Waals surface area (Å²) in [4.78, 5) is 13.4. The summed E-state index contributed by atoms with van der Waals surface area (Å²) in [5, 5.41) is 8.25. The number of nitrogens with zero attached hydrogens (tertiary/aromatic N) is 5. The van der Waals surface area contributed by atoms with Crippen LogP contribution < -0.4 is 5.32 Å². The molecule has 0 amide bonds. The van der Waals surface area contributed by atoms with E-state index in [1.807, 2.05) is 43.1 Å². The van der Waals surface area contributed by atoms with Crippen LogP contribution in [0.3, 0.4) is 0 Å². The van der Waals surface area contributed by atoms with Gasteiger partial charge in [0.1, 0.15) is 0 Å². The molecule has 0 saturated heterocycles. The van der Waals surface area contributed by atoms with E-state index in [0.717, 1.165) is 29.1 Å². The van der Waals surface area contributed by atoms with Gasteiger partial charge in [0.2, 0.25) is 0 Å². The number of fused-ring (bicyclic) bond motifs is 9. The van der Waals surface area contributed by atoms with Gasteiger partial charge < -0.3 is 14.5 Å². The van der Waals surface area contributed by atoms with E-state index in [0.29, 0.717) is 11.8 Å². The molecule has 0 saturated carbocycles. The van der Waals surface area contributed by atoms with E-state index in [9.17, 15) is 0 Å². The van der Waals surface area contributed by atoms with Crippen LogP contribution in [0.4, 0.5) is 0 Å². The molecule has 10 rings (SSSR count). The third-order valence-electron chi connectivity index (χ3n) is 11.3. The summed E-state index contributed by atoms with van der Waals surface area (Å²) in [5.41, 5.74) is 16.7. The van der Waals surface area contributed by atoms with E-state index >= 15 is 0 Å². The molecule has 1 aliphatic carbocycles. The summed E-state index contributed by atoms with van der Waals surface area (Å²) in [6.45, 7) is 11.9. The molecule has 6 heteroatoms. The molecule has 0 radical (unpaired) electrons. The lowest BCUT2D eigenvalue weighted by molar-refractivity contribution is 0.617. The lowest BCUT2D eigenvalue weighted by Gasteiger charge is -2.32. The molecule has 1 N–H and O–H groups in total. The molecule has 2 atom stereocenters. The van der Waals surface area contributed by atoms with Crippen molar-refractivity contribution in [3.8, 4) is 22.5 Å². The lowest BCUT2D eigenvalue weighted by Crippen LogP contribution is -2.16. The molecule has 5 heterocycles. The van der Waals surface area contributed by atoms with Crippen LogP contribution in [0.1, 0.15) is 54.9 Å². The Morgan fingerprint density at radius 3 is 1.78 bits per heavy atom. The first-order chi connectivity index (χ1) is 25.0. The van der Waals surface area contributed by atoms with Crippen LogP contribution in [0.2, 0.25) is 0 Å². The van der Waals surface area contributed by atoms with Gasteiger partial charge >= 0.3 is 0 Å². The molecule has 2 unspecified atom stereocenters. The van der Waals surface area contributed by atoms with Crippen molar-refractivity contribution in [2.45, 2.75) is 32.6 Å². The Bertz CT molecular complexity index is 2800. The minimum absolute atomic E-state index is 0.326. The zero-order valence-electron chi connectivity index (χ0n) is 28.9. The molecule has 4 aromatic heterocycles. The van der Waals surface area contributed by atoms with Gasteiger partial charge in [-0.3, -0.25) is 9.97 Å². The van der Waals surface area contributed by atoms with Gasteiger partial charge in [0.05, 0.1) is 52.2 Å². The van der Waals surface area contributed by atoms with Gasteiger partial charge in [0, 0.05) is 46.7 Å². The average molecular weight is 661 g/mol. The quantitative estimate of drug-likeness (QED) is 0.204. The zero-order valence-corrected chi connectivity index (χ0v) is 28.9. The summed E-state index contributed by atoms with van der Waals surface area (Å²) in [6, 6.07) is 31.7. The highest BCUT2D eigenvalue weighted by molar-refractivity contribution is 6.14. The lowest BCUT2D eigenvalue weighted by atomic mass is 9.72. The molecule has 246 valence electrons. The number of hydrogen-bond donors (Lipinski definition) is 1. The molecule has 8 aromatic rings. The van der Waals surface area contributed by atoms with Crippen molar-refractivity contribution < 1.29 is 0 Å². The van der Waals surface area contributed by atoms with E-state index in [1.165, 1.54) is 77.0 Å². The molecule has 6 nitrogen and oxygen atoms in total. The van der Waals surface area contributed by atoms with Crippen LogP contribution in [0.15, 0.2) is 127 Å². The molecule has 0 bridgehead atoms. The third-order valence-corrected chi connectivity index (χ3v) is 11.3. The molecular formula is C45H36N6. The van der Waals surface area contributed by atoms with E-state index < -0.39 is 0 Å². The normalized spacial score (nSPS) is 16.7. The Labute approximate surface area is 296 Å². The first-order valence-corrected chi connectivity index (χ1v) is 17.6. The molecule has 2 aliphatic rings. The molecular weight excluding hydrogens is 625 g/mol. The van der Waals surface area contributed by atoms with Gasteiger partial charge in [-0.2, -0.15) is 0 Å². The zero-order chi connectivity index (χ0) is 34.4. The van der Waals surface area contributed by atoms with Crippen LogP contribution >= 0.6 is 0 Å². The van der Waals surface area contributed by atoms with Crippen LogP contribution in [0.5, 0.6) is 0 Å². The second-order valence-electron chi connectivity index (χ2n) is 14.1. The fraction of sp³-hybridized carbons (Fsp3) is 0.133. The van der Waals surface area contributed by atoms with E-state index in [-0.39, 0.29) is 0 Å². The smallest absolute Gasteiger partial charge is 0.0881 e. The maximum absolute atomic E-state index is 4.53. The summed E-state index contributed by atoms with van der Waals surface area (Å²) in [5.74, 6) is 0.653. The SMILES string of the molecule is C=C(C)c1ccc2c(c1)c1cc3c(cc1n2-c1cccnc1)-c1cc2c(cc1C(C)C3C)c1cc(C3=CN=CNC3)ccc1n2-c1cccnc1. The predicted octanol–water partition coefficient (Wildman–Crippen LogP) is 10.6. The highest BCUT2D eigenvalue weighted by Crippen LogP contribution is 2.51. The number of nitrogens with one attached hydrogen (secondary N) is 1. The Morgan fingerprint density at radius 2 is 1.25 bits per heavy atom. The van der Waals surface area contributed by atoms with E-state index in [1.54, 1.807) is 6.34 Å². The molecule has 1 aliphatic heterocycles. The average Bonchev–Trinajstić information content (AvgIpc) is 3.67. The highest BCUT2D eigenvalue weighted by atomic mass is 15.0. The highest BCUT2D eigenvalue weighted by Gasteiger charge is 2.31. The van der Waals surface area contributed by atoms with Crippen molar-refractivity contribution in [3.05, 3.63) is 145 Å². The second kappa shape index (κ2) is 11.1. The maximum Gasteiger partial charge on any atom is 0.0881 e. The Hall–Kier alpha value is -6.27. The van der Waals surface area contributed by atoms with Gasteiger partial charge in [-0.05, 0) is 131 Å². The number of rotatable bonds is 4. The minimum atomic E-state index is 0.326. The van der Waals surface area contributed by atoms with Crippen molar-refractivity contribution in [1.82, 2.24) is 24.4 Å². The van der Waals surface area contributed by atoms with Crippen molar-refractivity contribution in [1.29, 1.82) is 0 Å². The van der Waals surface area contributed by atoms with Crippen molar-refractivity contribution in [3.63, 3.8) is 0 Å². The summed E-state index contributed by atoms with van der Waals surface area (Å²) >= 11 is 0. The second-order valence-corrected chi connectivity index (χ2v) is 14.1. The van der Waals surface area contributed by atoms with Crippen molar-refractivity contribution >= 4 is 61.1 Å². The van der Waals surface area contributed by atoms with Gasteiger partial charge in [0.15, 0.2) is 0 Å².